The third kappa shape index (κ3) is 7.16. The van der Waals surface area contributed by atoms with E-state index in [2.05, 4.69) is 22.0 Å². The van der Waals surface area contributed by atoms with Crippen LogP contribution < -0.4 is 5.32 Å². The first-order chi connectivity index (χ1) is 11.7. The SMILES string of the molecule is CC(CC(=O)N1CCC(CN2CCOCC2)CC1)C1CCCNC1.Cl.Cl. The summed E-state index contributed by atoms with van der Waals surface area (Å²) in [6, 6.07) is 0. The normalized spacial score (nSPS) is 26.5. The van der Waals surface area contributed by atoms with E-state index in [1.165, 1.54) is 32.2 Å². The molecular formula is C19H37Cl2N3O2. The zero-order valence-electron chi connectivity index (χ0n) is 16.2. The Balaban J connectivity index is 0.00000169. The predicted octanol–water partition coefficient (Wildman–Crippen LogP) is 2.43. The standard InChI is InChI=1S/C19H35N3O2.2ClH/c1-16(18-3-2-6-20-14-18)13-19(23)22-7-4-17(5-8-22)15-21-9-11-24-12-10-21;;/h16-18,20H,2-15H2,1H3;2*1H. The van der Waals surface area contributed by atoms with Gasteiger partial charge in [0, 0.05) is 39.1 Å². The molecule has 0 aromatic rings. The van der Waals surface area contributed by atoms with Gasteiger partial charge in [0.1, 0.15) is 0 Å². The zero-order valence-corrected chi connectivity index (χ0v) is 17.8. The van der Waals surface area contributed by atoms with Crippen LogP contribution in [0.15, 0.2) is 0 Å². The molecule has 0 aliphatic carbocycles. The molecule has 0 spiro atoms. The molecule has 2 atom stereocenters. The molecule has 0 saturated carbocycles. The lowest BCUT2D eigenvalue weighted by atomic mass is 9.85. The van der Waals surface area contributed by atoms with Crippen LogP contribution in [-0.4, -0.2) is 74.7 Å². The molecule has 3 aliphatic heterocycles. The second kappa shape index (κ2) is 12.4. The molecule has 3 saturated heterocycles. The number of nitrogens with one attached hydrogen (secondary N) is 1. The summed E-state index contributed by atoms with van der Waals surface area (Å²) < 4.78 is 5.43. The van der Waals surface area contributed by atoms with Crippen LogP contribution in [0.25, 0.3) is 0 Å². The van der Waals surface area contributed by atoms with Gasteiger partial charge in [-0.05, 0) is 56.5 Å². The third-order valence-electron chi connectivity index (χ3n) is 6.22. The van der Waals surface area contributed by atoms with E-state index in [0.717, 1.165) is 64.8 Å². The number of nitrogens with zero attached hydrogens (tertiary/aromatic N) is 2. The minimum atomic E-state index is 0. The number of carbonyl (C=O) groups is 1. The van der Waals surface area contributed by atoms with Crippen molar-refractivity contribution in [3.8, 4) is 0 Å². The molecule has 154 valence electrons. The van der Waals surface area contributed by atoms with Crippen molar-refractivity contribution in [3.05, 3.63) is 0 Å². The maximum atomic E-state index is 12.6. The maximum absolute atomic E-state index is 12.6. The van der Waals surface area contributed by atoms with Gasteiger partial charge in [-0.3, -0.25) is 9.69 Å². The van der Waals surface area contributed by atoms with Crippen LogP contribution in [0.3, 0.4) is 0 Å². The predicted molar refractivity (Wildman–Crippen MR) is 110 cm³/mol. The number of carbonyl (C=O) groups excluding carboxylic acids is 1. The molecule has 0 radical (unpaired) electrons. The molecular weight excluding hydrogens is 373 g/mol. The minimum Gasteiger partial charge on any atom is -0.379 e. The highest BCUT2D eigenvalue weighted by molar-refractivity contribution is 5.85. The molecule has 0 aromatic carbocycles. The summed E-state index contributed by atoms with van der Waals surface area (Å²) in [6.07, 6.45) is 5.62. The second-order valence-electron chi connectivity index (χ2n) is 8.02. The van der Waals surface area contributed by atoms with E-state index in [-0.39, 0.29) is 24.8 Å². The van der Waals surface area contributed by atoms with Crippen molar-refractivity contribution in [3.63, 3.8) is 0 Å². The number of hydrogen-bond donors (Lipinski definition) is 1. The fourth-order valence-corrected chi connectivity index (χ4v) is 4.45. The van der Waals surface area contributed by atoms with Gasteiger partial charge >= 0.3 is 0 Å². The van der Waals surface area contributed by atoms with E-state index in [1.54, 1.807) is 0 Å². The van der Waals surface area contributed by atoms with Gasteiger partial charge < -0.3 is 15.0 Å². The summed E-state index contributed by atoms with van der Waals surface area (Å²) in [5, 5.41) is 3.47. The maximum Gasteiger partial charge on any atom is 0.222 e. The Hall–Kier alpha value is -0.0700. The Morgan fingerprint density at radius 3 is 2.42 bits per heavy atom. The molecule has 0 bridgehead atoms. The van der Waals surface area contributed by atoms with Crippen molar-refractivity contribution < 1.29 is 9.53 Å². The van der Waals surface area contributed by atoms with Crippen LogP contribution in [0.1, 0.15) is 39.0 Å². The van der Waals surface area contributed by atoms with Crippen LogP contribution in [0, 0.1) is 17.8 Å². The smallest absolute Gasteiger partial charge is 0.222 e. The molecule has 7 heteroatoms. The molecule has 2 unspecified atom stereocenters. The van der Waals surface area contributed by atoms with Gasteiger partial charge in [-0.15, -0.1) is 24.8 Å². The highest BCUT2D eigenvalue weighted by Gasteiger charge is 2.28. The van der Waals surface area contributed by atoms with Crippen LogP contribution in [0.5, 0.6) is 0 Å². The topological polar surface area (TPSA) is 44.8 Å². The Labute approximate surface area is 171 Å². The summed E-state index contributed by atoms with van der Waals surface area (Å²) in [5.41, 5.74) is 0. The van der Waals surface area contributed by atoms with Crippen molar-refractivity contribution >= 4 is 30.7 Å². The highest BCUT2D eigenvalue weighted by atomic mass is 35.5. The highest BCUT2D eigenvalue weighted by Crippen LogP contribution is 2.25. The van der Waals surface area contributed by atoms with Gasteiger partial charge in [0.05, 0.1) is 13.2 Å². The average molecular weight is 410 g/mol. The van der Waals surface area contributed by atoms with Gasteiger partial charge in [0.15, 0.2) is 0 Å². The first kappa shape index (κ1) is 24.0. The Morgan fingerprint density at radius 1 is 1.12 bits per heavy atom. The van der Waals surface area contributed by atoms with Crippen molar-refractivity contribution in [1.82, 2.24) is 15.1 Å². The summed E-state index contributed by atoms with van der Waals surface area (Å²) in [4.78, 5) is 17.3. The molecule has 26 heavy (non-hydrogen) atoms. The Morgan fingerprint density at radius 2 is 1.81 bits per heavy atom. The Kier molecular flexibility index (Phi) is 11.4. The number of rotatable bonds is 5. The summed E-state index contributed by atoms with van der Waals surface area (Å²) >= 11 is 0. The second-order valence-corrected chi connectivity index (χ2v) is 8.02. The third-order valence-corrected chi connectivity index (χ3v) is 6.22. The zero-order chi connectivity index (χ0) is 16.8. The summed E-state index contributed by atoms with van der Waals surface area (Å²) in [5.74, 6) is 2.34. The quantitative estimate of drug-likeness (QED) is 0.756. The van der Waals surface area contributed by atoms with Gasteiger partial charge in [-0.25, -0.2) is 0 Å². The minimum absolute atomic E-state index is 0. The van der Waals surface area contributed by atoms with Crippen LogP contribution in [0.4, 0.5) is 0 Å². The number of halogens is 2. The van der Waals surface area contributed by atoms with Gasteiger partial charge in [0.2, 0.25) is 5.91 Å². The molecule has 1 amide bonds. The van der Waals surface area contributed by atoms with Gasteiger partial charge in [-0.1, -0.05) is 6.92 Å². The molecule has 3 heterocycles. The average Bonchev–Trinajstić information content (AvgIpc) is 2.64. The number of ether oxygens (including phenoxy) is 1. The summed E-state index contributed by atoms with van der Waals surface area (Å²) in [7, 11) is 0. The lowest BCUT2D eigenvalue weighted by Crippen LogP contribution is -2.44. The molecule has 5 nitrogen and oxygen atoms in total. The lowest BCUT2D eigenvalue weighted by molar-refractivity contribution is -0.134. The molecule has 3 rings (SSSR count). The van der Waals surface area contributed by atoms with Crippen LogP contribution >= 0.6 is 24.8 Å². The lowest BCUT2D eigenvalue weighted by Gasteiger charge is -2.37. The molecule has 0 aromatic heterocycles. The largest absolute Gasteiger partial charge is 0.379 e. The fourth-order valence-electron chi connectivity index (χ4n) is 4.45. The van der Waals surface area contributed by atoms with Gasteiger partial charge in [-0.2, -0.15) is 0 Å². The number of morpholine rings is 1. The Bertz CT molecular complexity index is 394. The molecule has 3 fully saturated rings. The number of piperidine rings is 2. The molecule has 3 aliphatic rings. The van der Waals surface area contributed by atoms with E-state index >= 15 is 0 Å². The van der Waals surface area contributed by atoms with Crippen molar-refractivity contribution in [2.75, 3.05) is 59.0 Å². The van der Waals surface area contributed by atoms with E-state index in [4.69, 9.17) is 4.74 Å². The van der Waals surface area contributed by atoms with Crippen LogP contribution in [0.2, 0.25) is 0 Å². The van der Waals surface area contributed by atoms with E-state index in [1.807, 2.05) is 0 Å². The van der Waals surface area contributed by atoms with Crippen molar-refractivity contribution in [2.24, 2.45) is 17.8 Å². The summed E-state index contributed by atoms with van der Waals surface area (Å²) in [6.45, 7) is 11.5. The fraction of sp³-hybridized carbons (Fsp3) is 0.947. The number of likely N-dealkylation sites (tertiary alicyclic amines) is 1. The van der Waals surface area contributed by atoms with Crippen molar-refractivity contribution in [2.45, 2.75) is 39.0 Å². The monoisotopic (exact) mass is 409 g/mol. The van der Waals surface area contributed by atoms with E-state index in [9.17, 15) is 4.79 Å². The first-order valence-electron chi connectivity index (χ1n) is 10.0. The number of amides is 1. The van der Waals surface area contributed by atoms with E-state index in [0.29, 0.717) is 17.7 Å². The van der Waals surface area contributed by atoms with Crippen LogP contribution in [-0.2, 0) is 9.53 Å². The first-order valence-corrected chi connectivity index (χ1v) is 10.0. The van der Waals surface area contributed by atoms with E-state index < -0.39 is 0 Å². The number of hydrogen-bond acceptors (Lipinski definition) is 4. The molecule has 1 N–H and O–H groups in total. The van der Waals surface area contributed by atoms with Crippen molar-refractivity contribution in [1.29, 1.82) is 0 Å². The van der Waals surface area contributed by atoms with Gasteiger partial charge in [0.25, 0.3) is 0 Å².